The van der Waals surface area contributed by atoms with Gasteiger partial charge in [0.05, 0.1) is 22.8 Å². The van der Waals surface area contributed by atoms with Crippen molar-refractivity contribution >= 4 is 21.4 Å². The third-order valence-electron chi connectivity index (χ3n) is 3.23. The van der Waals surface area contributed by atoms with Gasteiger partial charge < -0.3 is 5.32 Å². The molecule has 0 bridgehead atoms. The number of benzene rings is 1. The topological polar surface area (TPSA) is 87.0 Å². The Hall–Kier alpha value is -1.87. The molecule has 0 aromatic heterocycles. The summed E-state index contributed by atoms with van der Waals surface area (Å²) in [6, 6.07) is 8.76. The van der Waals surface area contributed by atoms with Crippen LogP contribution in [0.2, 0.25) is 0 Å². The van der Waals surface area contributed by atoms with Gasteiger partial charge in [0.15, 0.2) is 0 Å². The molecular weight excluding hydrogens is 264 g/mol. The molecule has 0 radical (unpaired) electrons. The van der Waals surface area contributed by atoms with E-state index in [1.54, 1.807) is 24.3 Å². The Morgan fingerprint density at radius 3 is 2.53 bits per heavy atom. The maximum absolute atomic E-state index is 12.0. The van der Waals surface area contributed by atoms with Gasteiger partial charge in [-0.15, -0.1) is 0 Å². The first kappa shape index (κ1) is 13.6. The highest BCUT2D eigenvalue weighted by molar-refractivity contribution is 7.91. The second-order valence-electron chi connectivity index (χ2n) is 4.57. The Balaban J connectivity index is 2.04. The van der Waals surface area contributed by atoms with Gasteiger partial charge in [0, 0.05) is 5.92 Å². The third kappa shape index (κ3) is 3.32. The van der Waals surface area contributed by atoms with Crippen LogP contribution in [0.4, 0.5) is 5.69 Å². The summed E-state index contributed by atoms with van der Waals surface area (Å²) in [4.78, 5) is 12.0. The molecule has 0 saturated carbocycles. The van der Waals surface area contributed by atoms with Gasteiger partial charge in [0.2, 0.25) is 5.91 Å². The lowest BCUT2D eigenvalue weighted by atomic mass is 10.0. The Bertz CT molecular complexity index is 618. The molecule has 1 fully saturated rings. The molecular formula is C13H14N2O3S. The minimum atomic E-state index is -2.97. The van der Waals surface area contributed by atoms with E-state index in [-0.39, 0.29) is 23.3 Å². The summed E-state index contributed by atoms with van der Waals surface area (Å²) in [7, 11) is -2.97. The maximum atomic E-state index is 12.0. The van der Waals surface area contributed by atoms with Crippen LogP contribution < -0.4 is 5.32 Å². The second kappa shape index (κ2) is 5.41. The van der Waals surface area contributed by atoms with Crippen LogP contribution in [0.3, 0.4) is 0 Å². The van der Waals surface area contributed by atoms with Crippen molar-refractivity contribution in [3.05, 3.63) is 29.8 Å². The van der Waals surface area contributed by atoms with Crippen LogP contribution in [0.15, 0.2) is 24.3 Å². The van der Waals surface area contributed by atoms with Crippen molar-refractivity contribution in [1.29, 1.82) is 5.26 Å². The third-order valence-corrected chi connectivity index (χ3v) is 4.95. The zero-order valence-electron chi connectivity index (χ0n) is 10.3. The van der Waals surface area contributed by atoms with Crippen molar-refractivity contribution < 1.29 is 13.2 Å². The smallest absolute Gasteiger partial charge is 0.227 e. The van der Waals surface area contributed by atoms with E-state index in [4.69, 9.17) is 5.26 Å². The minimum Gasteiger partial charge on any atom is -0.325 e. The molecule has 0 spiro atoms. The molecule has 1 saturated heterocycles. The average Bonchev–Trinajstić information content (AvgIpc) is 2.39. The average molecular weight is 278 g/mol. The molecule has 1 aliphatic heterocycles. The van der Waals surface area contributed by atoms with Crippen molar-refractivity contribution in [2.24, 2.45) is 5.92 Å². The van der Waals surface area contributed by atoms with Gasteiger partial charge in [-0.1, -0.05) is 12.1 Å². The first-order valence-electron chi connectivity index (χ1n) is 6.02. The summed E-state index contributed by atoms with van der Waals surface area (Å²) in [6.07, 6.45) is 0.700. The van der Waals surface area contributed by atoms with E-state index in [9.17, 15) is 13.2 Å². The number of nitrogens with one attached hydrogen (secondary N) is 1. The SMILES string of the molecule is N#Cc1ccccc1NC(=O)C1CCS(=O)(=O)CC1. The molecule has 2 rings (SSSR count). The van der Waals surface area contributed by atoms with Crippen LogP contribution in [-0.4, -0.2) is 25.8 Å². The Labute approximate surface area is 112 Å². The molecule has 1 N–H and O–H groups in total. The normalized spacial score (nSPS) is 18.5. The van der Waals surface area contributed by atoms with E-state index in [2.05, 4.69) is 5.32 Å². The number of anilines is 1. The van der Waals surface area contributed by atoms with Gasteiger partial charge in [0.25, 0.3) is 0 Å². The fraction of sp³-hybridized carbons (Fsp3) is 0.385. The number of rotatable bonds is 2. The highest BCUT2D eigenvalue weighted by atomic mass is 32.2. The van der Waals surface area contributed by atoms with E-state index in [1.165, 1.54) is 0 Å². The largest absolute Gasteiger partial charge is 0.325 e. The molecule has 1 heterocycles. The maximum Gasteiger partial charge on any atom is 0.227 e. The predicted molar refractivity (Wildman–Crippen MR) is 71.2 cm³/mol. The van der Waals surface area contributed by atoms with Gasteiger partial charge in [-0.25, -0.2) is 8.42 Å². The molecule has 0 unspecified atom stereocenters. The highest BCUT2D eigenvalue weighted by Crippen LogP contribution is 2.22. The summed E-state index contributed by atoms with van der Waals surface area (Å²) >= 11 is 0. The number of para-hydroxylation sites is 1. The lowest BCUT2D eigenvalue weighted by molar-refractivity contribution is -0.120. The van der Waals surface area contributed by atoms with Gasteiger partial charge >= 0.3 is 0 Å². The monoisotopic (exact) mass is 278 g/mol. The number of carbonyl (C=O) groups excluding carboxylic acids is 1. The van der Waals surface area contributed by atoms with Crippen LogP contribution >= 0.6 is 0 Å². The van der Waals surface area contributed by atoms with Crippen LogP contribution in [0, 0.1) is 17.2 Å². The van der Waals surface area contributed by atoms with Crippen molar-refractivity contribution in [3.63, 3.8) is 0 Å². The number of carbonyl (C=O) groups is 1. The van der Waals surface area contributed by atoms with Crippen LogP contribution in [0.5, 0.6) is 0 Å². The van der Waals surface area contributed by atoms with E-state index in [0.717, 1.165) is 0 Å². The number of nitrogens with zero attached hydrogens (tertiary/aromatic N) is 1. The predicted octanol–water partition coefficient (Wildman–Crippen LogP) is 1.32. The summed E-state index contributed by atoms with van der Waals surface area (Å²) < 4.78 is 22.6. The lowest BCUT2D eigenvalue weighted by Crippen LogP contribution is -2.32. The second-order valence-corrected chi connectivity index (χ2v) is 6.88. The summed E-state index contributed by atoms with van der Waals surface area (Å²) in [5.41, 5.74) is 0.878. The van der Waals surface area contributed by atoms with Crippen molar-refractivity contribution in [2.75, 3.05) is 16.8 Å². The van der Waals surface area contributed by atoms with Crippen LogP contribution in [0.1, 0.15) is 18.4 Å². The molecule has 1 aromatic rings. The molecule has 100 valence electrons. The quantitative estimate of drug-likeness (QED) is 0.883. The molecule has 0 aliphatic carbocycles. The van der Waals surface area contributed by atoms with E-state index in [1.807, 2.05) is 6.07 Å². The minimum absolute atomic E-state index is 0.0605. The summed E-state index contributed by atoms with van der Waals surface area (Å²) in [6.45, 7) is 0. The van der Waals surface area contributed by atoms with Crippen molar-refractivity contribution in [1.82, 2.24) is 0 Å². The number of hydrogen-bond acceptors (Lipinski definition) is 4. The standard InChI is InChI=1S/C13H14N2O3S/c14-9-11-3-1-2-4-12(11)15-13(16)10-5-7-19(17,18)8-6-10/h1-4,10H,5-8H2,(H,15,16). The fourth-order valence-corrected chi connectivity index (χ4v) is 3.57. The zero-order chi connectivity index (χ0) is 13.9. The first-order valence-corrected chi connectivity index (χ1v) is 7.84. The number of nitriles is 1. The Kier molecular flexibility index (Phi) is 3.86. The molecule has 1 aliphatic rings. The first-order chi connectivity index (χ1) is 9.02. The zero-order valence-corrected chi connectivity index (χ0v) is 11.1. The van der Waals surface area contributed by atoms with Crippen molar-refractivity contribution in [3.8, 4) is 6.07 Å². The van der Waals surface area contributed by atoms with Gasteiger partial charge in [-0.2, -0.15) is 5.26 Å². The molecule has 5 nitrogen and oxygen atoms in total. The molecule has 1 aromatic carbocycles. The lowest BCUT2D eigenvalue weighted by Gasteiger charge is -2.21. The van der Waals surface area contributed by atoms with Gasteiger partial charge in [-0.3, -0.25) is 4.79 Å². The summed E-state index contributed by atoms with van der Waals surface area (Å²) in [5, 5.41) is 11.6. The number of amides is 1. The van der Waals surface area contributed by atoms with Gasteiger partial charge in [0.1, 0.15) is 15.9 Å². The highest BCUT2D eigenvalue weighted by Gasteiger charge is 2.28. The molecule has 6 heteroatoms. The number of sulfone groups is 1. The van der Waals surface area contributed by atoms with Crippen LogP contribution in [-0.2, 0) is 14.6 Å². The van der Waals surface area contributed by atoms with Crippen LogP contribution in [0.25, 0.3) is 0 Å². The molecule has 0 atom stereocenters. The van der Waals surface area contributed by atoms with Crippen molar-refractivity contribution in [2.45, 2.75) is 12.8 Å². The van der Waals surface area contributed by atoms with E-state index < -0.39 is 9.84 Å². The molecule has 19 heavy (non-hydrogen) atoms. The number of hydrogen-bond donors (Lipinski definition) is 1. The Morgan fingerprint density at radius 1 is 1.26 bits per heavy atom. The Morgan fingerprint density at radius 2 is 1.89 bits per heavy atom. The summed E-state index contributed by atoms with van der Waals surface area (Å²) in [5.74, 6) is -0.386. The van der Waals surface area contributed by atoms with E-state index >= 15 is 0 Å². The van der Waals surface area contributed by atoms with E-state index in [0.29, 0.717) is 24.1 Å². The van der Waals surface area contributed by atoms with Gasteiger partial charge in [-0.05, 0) is 25.0 Å². The molecule has 1 amide bonds. The fourth-order valence-electron chi connectivity index (χ4n) is 2.08.